The van der Waals surface area contributed by atoms with E-state index >= 15 is 0 Å². The summed E-state index contributed by atoms with van der Waals surface area (Å²) in [6, 6.07) is 65.2. The molecule has 50 heavy (non-hydrogen) atoms. The Hall–Kier alpha value is -6.97. The second-order valence-corrected chi connectivity index (χ2v) is 16.0. The molecule has 8 rings (SSSR count). The third-order valence-electron chi connectivity index (χ3n) is 9.63. The van der Waals surface area contributed by atoms with Crippen LogP contribution in [0.25, 0.3) is 38.6 Å². The molecule has 1 aromatic heterocycles. The molecule has 0 amide bonds. The SMILES string of the molecule is N#Cc1ccc(-c2ccccc2-n2c3ccc(C#N)cc3c3cc(C#N)ccc32)c([Si](c2ccccc2)(c2ccccc2)c2ccccc2)c1. The van der Waals surface area contributed by atoms with Gasteiger partial charge in [0.25, 0.3) is 0 Å². The molecular formula is C45H28N4Si. The van der Waals surface area contributed by atoms with Gasteiger partial charge < -0.3 is 4.57 Å². The van der Waals surface area contributed by atoms with E-state index in [0.717, 1.165) is 43.8 Å². The highest BCUT2D eigenvalue weighted by atomic mass is 28.3. The molecule has 0 aliphatic carbocycles. The fourth-order valence-electron chi connectivity index (χ4n) is 7.51. The standard InChI is InChI=1S/C45H28N4Si/c46-29-32-21-24-43-40(26-32)41-27-33(30-47)22-25-44(41)49(43)42-19-11-10-18-38(42)39-23-20-34(31-48)28-45(39)50(35-12-4-1-5-13-35,36-14-6-2-7-15-36)37-16-8-3-9-17-37/h1-28H. The van der Waals surface area contributed by atoms with Crippen LogP contribution in [0.3, 0.4) is 0 Å². The molecule has 0 saturated carbocycles. The Morgan fingerprint density at radius 1 is 0.400 bits per heavy atom. The number of nitrogens with zero attached hydrogens (tertiary/aromatic N) is 4. The van der Waals surface area contributed by atoms with Crippen molar-refractivity contribution in [3.05, 3.63) is 187 Å². The third-order valence-corrected chi connectivity index (χ3v) is 14.5. The van der Waals surface area contributed by atoms with Crippen molar-refractivity contribution < 1.29 is 0 Å². The van der Waals surface area contributed by atoms with Gasteiger partial charge in [-0.3, -0.25) is 0 Å². The number of hydrogen-bond acceptors (Lipinski definition) is 3. The third kappa shape index (κ3) is 4.80. The number of fused-ring (bicyclic) bond motifs is 3. The minimum Gasteiger partial charge on any atom is -0.309 e. The first-order valence-corrected chi connectivity index (χ1v) is 18.4. The molecule has 0 atom stereocenters. The smallest absolute Gasteiger partial charge is 0.180 e. The Labute approximate surface area is 291 Å². The van der Waals surface area contributed by atoms with Crippen LogP contribution in [0.5, 0.6) is 0 Å². The topological polar surface area (TPSA) is 76.3 Å². The summed E-state index contributed by atoms with van der Waals surface area (Å²) in [6.45, 7) is 0. The highest BCUT2D eigenvalue weighted by Gasteiger charge is 2.43. The zero-order valence-corrected chi connectivity index (χ0v) is 28.0. The van der Waals surface area contributed by atoms with Gasteiger partial charge in [-0.1, -0.05) is 115 Å². The first kappa shape index (κ1) is 30.4. The maximum atomic E-state index is 10.3. The van der Waals surface area contributed by atoms with Crippen LogP contribution in [0.4, 0.5) is 0 Å². The summed E-state index contributed by atoms with van der Waals surface area (Å²) in [5.41, 5.74) is 6.62. The van der Waals surface area contributed by atoms with Gasteiger partial charge >= 0.3 is 0 Å². The highest BCUT2D eigenvalue weighted by molar-refractivity contribution is 7.20. The highest BCUT2D eigenvalue weighted by Crippen LogP contribution is 2.37. The lowest BCUT2D eigenvalue weighted by Gasteiger charge is -2.36. The Kier molecular flexibility index (Phi) is 7.63. The van der Waals surface area contributed by atoms with Gasteiger partial charge in [0, 0.05) is 16.3 Å². The van der Waals surface area contributed by atoms with E-state index in [-0.39, 0.29) is 0 Å². The van der Waals surface area contributed by atoms with E-state index in [1.165, 1.54) is 15.6 Å². The Balaban J connectivity index is 1.52. The molecule has 1 heterocycles. The maximum Gasteiger partial charge on any atom is 0.180 e. The molecule has 232 valence electrons. The predicted molar refractivity (Wildman–Crippen MR) is 204 cm³/mol. The molecule has 8 aromatic rings. The summed E-state index contributed by atoms with van der Waals surface area (Å²) < 4.78 is 2.24. The quantitative estimate of drug-likeness (QED) is 0.138. The fraction of sp³-hybridized carbons (Fsp3) is 0. The van der Waals surface area contributed by atoms with Crippen molar-refractivity contribution in [1.29, 1.82) is 15.8 Å². The molecule has 5 heteroatoms. The van der Waals surface area contributed by atoms with Crippen LogP contribution in [0, 0.1) is 34.0 Å². The summed E-state index contributed by atoms with van der Waals surface area (Å²) >= 11 is 0. The molecule has 0 saturated heterocycles. The number of benzene rings is 7. The summed E-state index contributed by atoms with van der Waals surface area (Å²) in [5.74, 6) is 0. The lowest BCUT2D eigenvalue weighted by molar-refractivity contribution is 1.18. The summed E-state index contributed by atoms with van der Waals surface area (Å²) in [4.78, 5) is 0. The van der Waals surface area contributed by atoms with Gasteiger partial charge in [0.15, 0.2) is 8.07 Å². The van der Waals surface area contributed by atoms with E-state index in [4.69, 9.17) is 0 Å². The molecule has 4 nitrogen and oxygen atoms in total. The van der Waals surface area contributed by atoms with Crippen molar-refractivity contribution in [2.45, 2.75) is 0 Å². The molecule has 0 N–H and O–H groups in total. The Morgan fingerprint density at radius 3 is 1.30 bits per heavy atom. The zero-order chi connectivity index (χ0) is 34.1. The molecule has 0 spiro atoms. The first-order valence-electron chi connectivity index (χ1n) is 16.4. The van der Waals surface area contributed by atoms with Gasteiger partial charge in [-0.25, -0.2) is 0 Å². The van der Waals surface area contributed by atoms with Crippen LogP contribution >= 0.6 is 0 Å². The van der Waals surface area contributed by atoms with Crippen molar-refractivity contribution >= 4 is 50.6 Å². The lowest BCUT2D eigenvalue weighted by Crippen LogP contribution is -2.75. The number of nitriles is 3. The minimum absolute atomic E-state index is 0.561. The molecule has 0 aliphatic rings. The number of para-hydroxylation sites is 1. The Morgan fingerprint density at radius 2 is 0.820 bits per heavy atom. The van der Waals surface area contributed by atoms with Crippen LogP contribution in [0.2, 0.25) is 0 Å². The van der Waals surface area contributed by atoms with Crippen LogP contribution in [0.15, 0.2) is 170 Å². The van der Waals surface area contributed by atoms with Gasteiger partial charge in [0.1, 0.15) is 0 Å². The predicted octanol–water partition coefficient (Wildman–Crippen LogP) is 7.44. The fourth-order valence-corrected chi connectivity index (χ4v) is 12.5. The van der Waals surface area contributed by atoms with Crippen molar-refractivity contribution in [1.82, 2.24) is 4.57 Å². The number of hydrogen-bond donors (Lipinski definition) is 0. The maximum absolute atomic E-state index is 10.3. The van der Waals surface area contributed by atoms with E-state index in [1.54, 1.807) is 0 Å². The molecule has 0 unspecified atom stereocenters. The molecular weight excluding hydrogens is 625 g/mol. The van der Waals surface area contributed by atoms with E-state index in [9.17, 15) is 15.8 Å². The minimum atomic E-state index is -3.05. The second-order valence-electron chi connectivity index (χ2n) is 12.3. The molecule has 0 bridgehead atoms. The average molecular weight is 653 g/mol. The van der Waals surface area contributed by atoms with Crippen LogP contribution < -0.4 is 20.7 Å². The summed E-state index contributed by atoms with van der Waals surface area (Å²) in [5, 5.41) is 36.5. The van der Waals surface area contributed by atoms with Crippen LogP contribution in [-0.4, -0.2) is 12.6 Å². The van der Waals surface area contributed by atoms with Gasteiger partial charge in [0.2, 0.25) is 0 Å². The van der Waals surface area contributed by atoms with Gasteiger partial charge in [-0.05, 0) is 80.9 Å². The van der Waals surface area contributed by atoms with Crippen LogP contribution in [0.1, 0.15) is 16.7 Å². The summed E-state index contributed by atoms with van der Waals surface area (Å²) in [6.07, 6.45) is 0. The van der Waals surface area contributed by atoms with Crippen molar-refractivity contribution in [3.63, 3.8) is 0 Å². The van der Waals surface area contributed by atoms with Gasteiger partial charge in [-0.2, -0.15) is 15.8 Å². The lowest BCUT2D eigenvalue weighted by atomic mass is 10.0. The summed E-state index contributed by atoms with van der Waals surface area (Å²) in [7, 11) is -3.05. The molecule has 0 aliphatic heterocycles. The van der Waals surface area contributed by atoms with E-state index in [0.29, 0.717) is 16.7 Å². The number of aromatic nitrogens is 1. The monoisotopic (exact) mass is 652 g/mol. The van der Waals surface area contributed by atoms with Gasteiger partial charge in [-0.15, -0.1) is 0 Å². The first-order chi connectivity index (χ1) is 24.7. The van der Waals surface area contributed by atoms with E-state index in [2.05, 4.69) is 144 Å². The average Bonchev–Trinajstić information content (AvgIpc) is 3.52. The van der Waals surface area contributed by atoms with Crippen molar-refractivity contribution in [2.24, 2.45) is 0 Å². The number of rotatable bonds is 6. The molecule has 0 fully saturated rings. The van der Waals surface area contributed by atoms with Crippen molar-refractivity contribution in [3.8, 4) is 35.0 Å². The van der Waals surface area contributed by atoms with Crippen molar-refractivity contribution in [2.75, 3.05) is 0 Å². The zero-order valence-electron chi connectivity index (χ0n) is 27.0. The normalized spacial score (nSPS) is 11.1. The van der Waals surface area contributed by atoms with Crippen LogP contribution in [-0.2, 0) is 0 Å². The molecule has 0 radical (unpaired) electrons. The second kappa shape index (κ2) is 12.6. The Bertz CT molecular complexity index is 2510. The van der Waals surface area contributed by atoms with E-state index < -0.39 is 8.07 Å². The molecule has 7 aromatic carbocycles. The van der Waals surface area contributed by atoms with Gasteiger partial charge in [0.05, 0.1) is 51.6 Å². The largest absolute Gasteiger partial charge is 0.309 e. The van der Waals surface area contributed by atoms with E-state index in [1.807, 2.05) is 48.5 Å².